The van der Waals surface area contributed by atoms with E-state index in [4.69, 9.17) is 17.3 Å². The zero-order valence-electron chi connectivity index (χ0n) is 12.6. The van der Waals surface area contributed by atoms with Gasteiger partial charge in [0, 0.05) is 36.5 Å². The summed E-state index contributed by atoms with van der Waals surface area (Å²) in [5, 5.41) is 0.800. The Bertz CT molecular complexity index is 572. The third-order valence-electron chi connectivity index (χ3n) is 3.84. The molecule has 1 aromatic carbocycles. The molecule has 112 valence electrons. The Labute approximate surface area is 131 Å². The number of nitrogens with zero attached hydrogens (tertiary/aromatic N) is 2. The van der Waals surface area contributed by atoms with Crippen molar-refractivity contribution < 1.29 is 0 Å². The van der Waals surface area contributed by atoms with Crippen LogP contribution in [0, 0.1) is 6.92 Å². The molecule has 2 rings (SSSR count). The highest BCUT2D eigenvalue weighted by Gasteiger charge is 2.16. The molecule has 4 heteroatoms. The molecule has 2 N–H and O–H groups in total. The molecular weight excluding hydrogens is 282 g/mol. The summed E-state index contributed by atoms with van der Waals surface area (Å²) in [5.74, 6) is 0. The first-order valence-corrected chi connectivity index (χ1v) is 7.55. The first-order chi connectivity index (χ1) is 10.1. The summed E-state index contributed by atoms with van der Waals surface area (Å²) >= 11 is 6.23. The van der Waals surface area contributed by atoms with Crippen LogP contribution in [0.2, 0.25) is 5.02 Å². The second-order valence-corrected chi connectivity index (χ2v) is 5.75. The number of benzene rings is 1. The number of likely N-dealkylation sites (N-methyl/N-ethyl adjacent to an activating group) is 1. The van der Waals surface area contributed by atoms with Crippen molar-refractivity contribution in [2.75, 3.05) is 20.1 Å². The lowest BCUT2D eigenvalue weighted by molar-refractivity contribution is 0.253. The Morgan fingerprint density at radius 3 is 2.57 bits per heavy atom. The van der Waals surface area contributed by atoms with Gasteiger partial charge in [-0.1, -0.05) is 23.7 Å². The molecule has 1 atom stereocenters. The van der Waals surface area contributed by atoms with E-state index in [0.29, 0.717) is 6.54 Å². The highest BCUT2D eigenvalue weighted by molar-refractivity contribution is 6.31. The Kier molecular flexibility index (Phi) is 5.74. The predicted octanol–water partition coefficient (Wildman–Crippen LogP) is 3.22. The van der Waals surface area contributed by atoms with Gasteiger partial charge in [0.2, 0.25) is 0 Å². The van der Waals surface area contributed by atoms with Gasteiger partial charge < -0.3 is 5.73 Å². The minimum absolute atomic E-state index is 0.185. The molecule has 0 aliphatic heterocycles. The Balaban J connectivity index is 2.04. The van der Waals surface area contributed by atoms with Gasteiger partial charge in [-0.15, -0.1) is 0 Å². The number of nitrogens with two attached hydrogens (primary N) is 1. The van der Waals surface area contributed by atoms with Crippen LogP contribution < -0.4 is 5.73 Å². The summed E-state index contributed by atoms with van der Waals surface area (Å²) in [4.78, 5) is 6.32. The number of hydrogen-bond donors (Lipinski definition) is 1. The van der Waals surface area contributed by atoms with Crippen molar-refractivity contribution in [2.24, 2.45) is 5.73 Å². The lowest BCUT2D eigenvalue weighted by Crippen LogP contribution is -2.32. The number of pyridine rings is 1. The quantitative estimate of drug-likeness (QED) is 0.891. The minimum atomic E-state index is 0.185. The van der Waals surface area contributed by atoms with Crippen LogP contribution in [-0.2, 0) is 6.42 Å². The van der Waals surface area contributed by atoms with E-state index in [-0.39, 0.29) is 6.04 Å². The fourth-order valence-electron chi connectivity index (χ4n) is 2.40. The van der Waals surface area contributed by atoms with E-state index in [9.17, 15) is 0 Å². The molecule has 0 aliphatic carbocycles. The van der Waals surface area contributed by atoms with Gasteiger partial charge in [-0.25, -0.2) is 0 Å². The van der Waals surface area contributed by atoms with Crippen LogP contribution in [0.3, 0.4) is 0 Å². The SMILES string of the molecule is Cc1ccc(C(CN)N(C)CCc2ccncc2)cc1Cl. The van der Waals surface area contributed by atoms with Crippen molar-refractivity contribution in [3.8, 4) is 0 Å². The lowest BCUT2D eigenvalue weighted by Gasteiger charge is -2.27. The number of aromatic nitrogens is 1. The van der Waals surface area contributed by atoms with Crippen molar-refractivity contribution in [3.05, 3.63) is 64.4 Å². The molecule has 0 aliphatic rings. The lowest BCUT2D eigenvalue weighted by atomic mass is 10.0. The van der Waals surface area contributed by atoms with Gasteiger partial charge in [0.15, 0.2) is 0 Å². The summed E-state index contributed by atoms with van der Waals surface area (Å²) in [5.41, 5.74) is 9.52. The van der Waals surface area contributed by atoms with Crippen molar-refractivity contribution in [3.63, 3.8) is 0 Å². The largest absolute Gasteiger partial charge is 0.329 e. The molecule has 0 saturated heterocycles. The van der Waals surface area contributed by atoms with Gasteiger partial charge >= 0.3 is 0 Å². The van der Waals surface area contributed by atoms with Crippen LogP contribution in [0.25, 0.3) is 0 Å². The Morgan fingerprint density at radius 2 is 1.95 bits per heavy atom. The molecule has 3 nitrogen and oxygen atoms in total. The fourth-order valence-corrected chi connectivity index (χ4v) is 2.59. The third kappa shape index (κ3) is 4.27. The molecule has 1 heterocycles. The maximum Gasteiger partial charge on any atom is 0.0468 e. The van der Waals surface area contributed by atoms with Crippen LogP contribution in [-0.4, -0.2) is 30.0 Å². The highest BCUT2D eigenvalue weighted by atomic mass is 35.5. The van der Waals surface area contributed by atoms with Crippen molar-refractivity contribution >= 4 is 11.6 Å². The van der Waals surface area contributed by atoms with Crippen LogP contribution in [0.15, 0.2) is 42.7 Å². The highest BCUT2D eigenvalue weighted by Crippen LogP contribution is 2.24. The fraction of sp³-hybridized carbons (Fsp3) is 0.353. The second-order valence-electron chi connectivity index (χ2n) is 5.35. The number of hydrogen-bond acceptors (Lipinski definition) is 3. The number of aryl methyl sites for hydroxylation is 1. The van der Waals surface area contributed by atoms with Crippen molar-refractivity contribution in [1.82, 2.24) is 9.88 Å². The van der Waals surface area contributed by atoms with E-state index >= 15 is 0 Å². The summed E-state index contributed by atoms with van der Waals surface area (Å²) in [6.45, 7) is 3.53. The Hall–Kier alpha value is -1.42. The topological polar surface area (TPSA) is 42.1 Å². The molecule has 0 amide bonds. The molecule has 0 radical (unpaired) electrons. The van der Waals surface area contributed by atoms with Crippen LogP contribution in [0.4, 0.5) is 0 Å². The van der Waals surface area contributed by atoms with E-state index < -0.39 is 0 Å². The van der Waals surface area contributed by atoms with Crippen LogP contribution >= 0.6 is 11.6 Å². The maximum absolute atomic E-state index is 6.23. The average Bonchev–Trinajstić information content (AvgIpc) is 2.50. The molecule has 2 aromatic rings. The first kappa shape index (κ1) is 16.0. The molecule has 0 bridgehead atoms. The number of halogens is 1. The van der Waals surface area contributed by atoms with Crippen LogP contribution in [0.1, 0.15) is 22.7 Å². The zero-order valence-corrected chi connectivity index (χ0v) is 13.3. The smallest absolute Gasteiger partial charge is 0.0468 e. The van der Waals surface area contributed by atoms with E-state index in [2.05, 4.69) is 29.1 Å². The van der Waals surface area contributed by atoms with E-state index in [1.54, 1.807) is 0 Å². The van der Waals surface area contributed by atoms with Gasteiger partial charge in [0.1, 0.15) is 0 Å². The normalized spacial score (nSPS) is 12.6. The van der Waals surface area contributed by atoms with E-state index in [1.807, 2.05) is 37.5 Å². The standard InChI is InChI=1S/C17H22ClN3/c1-13-3-4-15(11-16(13)18)17(12-19)21(2)10-7-14-5-8-20-9-6-14/h3-6,8-9,11,17H,7,10,12,19H2,1-2H3. The molecule has 1 unspecified atom stereocenters. The molecule has 0 saturated carbocycles. The van der Waals surface area contributed by atoms with Gasteiger partial charge in [-0.2, -0.15) is 0 Å². The van der Waals surface area contributed by atoms with E-state index in [1.165, 1.54) is 11.1 Å². The second kappa shape index (κ2) is 7.55. The maximum atomic E-state index is 6.23. The van der Waals surface area contributed by atoms with Gasteiger partial charge in [0.25, 0.3) is 0 Å². The minimum Gasteiger partial charge on any atom is -0.329 e. The molecule has 0 spiro atoms. The van der Waals surface area contributed by atoms with Gasteiger partial charge in [-0.3, -0.25) is 9.88 Å². The van der Waals surface area contributed by atoms with Gasteiger partial charge in [-0.05, 0) is 55.3 Å². The molecule has 21 heavy (non-hydrogen) atoms. The van der Waals surface area contributed by atoms with E-state index in [0.717, 1.165) is 23.6 Å². The van der Waals surface area contributed by atoms with Crippen molar-refractivity contribution in [1.29, 1.82) is 0 Å². The summed E-state index contributed by atoms with van der Waals surface area (Å²) in [6.07, 6.45) is 4.64. The zero-order chi connectivity index (χ0) is 15.2. The van der Waals surface area contributed by atoms with Crippen LogP contribution in [0.5, 0.6) is 0 Å². The first-order valence-electron chi connectivity index (χ1n) is 7.17. The van der Waals surface area contributed by atoms with Crippen molar-refractivity contribution in [2.45, 2.75) is 19.4 Å². The molecule has 0 fully saturated rings. The molecule has 1 aromatic heterocycles. The Morgan fingerprint density at radius 1 is 1.24 bits per heavy atom. The summed E-state index contributed by atoms with van der Waals surface area (Å²) in [6, 6.07) is 10.5. The number of rotatable bonds is 6. The monoisotopic (exact) mass is 303 g/mol. The summed E-state index contributed by atoms with van der Waals surface area (Å²) in [7, 11) is 2.10. The molecular formula is C17H22ClN3. The summed E-state index contributed by atoms with van der Waals surface area (Å²) < 4.78 is 0. The third-order valence-corrected chi connectivity index (χ3v) is 4.25. The average molecular weight is 304 g/mol. The van der Waals surface area contributed by atoms with Gasteiger partial charge in [0.05, 0.1) is 0 Å². The predicted molar refractivity (Wildman–Crippen MR) is 88.6 cm³/mol.